The number of hydrogen-bond acceptors (Lipinski definition) is 2. The molecule has 4 nitrogen and oxygen atoms in total. The van der Waals surface area contributed by atoms with E-state index in [0.717, 1.165) is 12.8 Å². The molecule has 2 amide bonds. The lowest BCUT2D eigenvalue weighted by Crippen LogP contribution is -2.14. The SMILES string of the molecule is O=C(Nc1ccc(Cl)c(Cl)c1)c1ccc(NC(=O)C2CC2)cc1. The fraction of sp³-hybridized carbons (Fsp3) is 0.176. The Bertz CT molecular complexity index is 756. The highest BCUT2D eigenvalue weighted by molar-refractivity contribution is 6.42. The van der Waals surface area contributed by atoms with Crippen LogP contribution in [0.2, 0.25) is 10.0 Å². The van der Waals surface area contributed by atoms with E-state index in [4.69, 9.17) is 23.2 Å². The third-order valence-corrected chi connectivity index (χ3v) is 4.28. The van der Waals surface area contributed by atoms with Gasteiger partial charge in [-0.1, -0.05) is 23.2 Å². The third-order valence-electron chi connectivity index (χ3n) is 3.54. The molecule has 0 bridgehead atoms. The highest BCUT2D eigenvalue weighted by atomic mass is 35.5. The second-order valence-electron chi connectivity index (χ2n) is 5.42. The highest BCUT2D eigenvalue weighted by Gasteiger charge is 2.29. The second kappa shape index (κ2) is 6.60. The van der Waals surface area contributed by atoms with Crippen molar-refractivity contribution in [2.45, 2.75) is 12.8 Å². The summed E-state index contributed by atoms with van der Waals surface area (Å²) < 4.78 is 0. The van der Waals surface area contributed by atoms with Gasteiger partial charge in [0.2, 0.25) is 5.91 Å². The van der Waals surface area contributed by atoms with E-state index in [1.54, 1.807) is 42.5 Å². The van der Waals surface area contributed by atoms with E-state index in [2.05, 4.69) is 10.6 Å². The standard InChI is InChI=1S/C17H14Cl2N2O2/c18-14-8-7-13(9-15(14)19)21-17(23)11-3-5-12(6-4-11)20-16(22)10-1-2-10/h3-10H,1-2H2,(H,20,22)(H,21,23). The molecule has 1 aliphatic carbocycles. The first-order valence-corrected chi connectivity index (χ1v) is 7.96. The number of carbonyl (C=O) groups excluding carboxylic acids is 2. The normalized spacial score (nSPS) is 13.5. The van der Waals surface area contributed by atoms with Crippen LogP contribution < -0.4 is 10.6 Å². The van der Waals surface area contributed by atoms with Crippen molar-refractivity contribution in [1.82, 2.24) is 0 Å². The molecule has 1 saturated carbocycles. The second-order valence-corrected chi connectivity index (χ2v) is 6.24. The number of carbonyl (C=O) groups is 2. The zero-order chi connectivity index (χ0) is 16.4. The smallest absolute Gasteiger partial charge is 0.255 e. The molecule has 118 valence electrons. The summed E-state index contributed by atoms with van der Waals surface area (Å²) in [6, 6.07) is 11.6. The molecule has 1 aliphatic rings. The maximum atomic E-state index is 12.2. The van der Waals surface area contributed by atoms with E-state index in [-0.39, 0.29) is 17.7 Å². The largest absolute Gasteiger partial charge is 0.326 e. The first-order valence-electron chi connectivity index (χ1n) is 7.20. The fourth-order valence-electron chi connectivity index (χ4n) is 2.07. The summed E-state index contributed by atoms with van der Waals surface area (Å²) in [4.78, 5) is 23.9. The van der Waals surface area contributed by atoms with Crippen molar-refractivity contribution in [1.29, 1.82) is 0 Å². The van der Waals surface area contributed by atoms with Crippen LogP contribution in [0.15, 0.2) is 42.5 Å². The minimum Gasteiger partial charge on any atom is -0.326 e. The Morgan fingerprint density at radius 3 is 2.13 bits per heavy atom. The zero-order valence-corrected chi connectivity index (χ0v) is 13.6. The van der Waals surface area contributed by atoms with Gasteiger partial charge in [0.05, 0.1) is 10.0 Å². The molecule has 6 heteroatoms. The van der Waals surface area contributed by atoms with E-state index >= 15 is 0 Å². The highest BCUT2D eigenvalue weighted by Crippen LogP contribution is 2.30. The predicted molar refractivity (Wildman–Crippen MR) is 92.2 cm³/mol. The van der Waals surface area contributed by atoms with Gasteiger partial charge in [-0.2, -0.15) is 0 Å². The van der Waals surface area contributed by atoms with E-state index < -0.39 is 0 Å². The van der Waals surface area contributed by atoms with E-state index in [1.165, 1.54) is 0 Å². The molecule has 2 N–H and O–H groups in total. The topological polar surface area (TPSA) is 58.2 Å². The Hall–Kier alpha value is -2.04. The summed E-state index contributed by atoms with van der Waals surface area (Å²) in [6.45, 7) is 0. The number of nitrogens with one attached hydrogen (secondary N) is 2. The van der Waals surface area contributed by atoms with Gasteiger partial charge in [-0.3, -0.25) is 9.59 Å². The lowest BCUT2D eigenvalue weighted by molar-refractivity contribution is -0.117. The van der Waals surface area contributed by atoms with Gasteiger partial charge in [-0.15, -0.1) is 0 Å². The van der Waals surface area contributed by atoms with Crippen molar-refractivity contribution in [3.05, 3.63) is 58.1 Å². The summed E-state index contributed by atoms with van der Waals surface area (Å²) in [5.74, 6) is -0.0749. The molecule has 0 aromatic heterocycles. The van der Waals surface area contributed by atoms with Gasteiger partial charge in [-0.25, -0.2) is 0 Å². The lowest BCUT2D eigenvalue weighted by atomic mass is 10.2. The van der Waals surface area contributed by atoms with Crippen molar-refractivity contribution in [2.75, 3.05) is 10.6 Å². The van der Waals surface area contributed by atoms with Crippen LogP contribution in [0, 0.1) is 5.92 Å². The molecule has 2 aromatic rings. The molecule has 23 heavy (non-hydrogen) atoms. The maximum absolute atomic E-state index is 12.2. The molecule has 2 aromatic carbocycles. The fourth-order valence-corrected chi connectivity index (χ4v) is 2.37. The number of benzene rings is 2. The molecule has 0 aliphatic heterocycles. The minimum absolute atomic E-state index is 0.0398. The molecule has 0 radical (unpaired) electrons. The van der Waals surface area contributed by atoms with E-state index in [9.17, 15) is 9.59 Å². The minimum atomic E-state index is -0.261. The van der Waals surface area contributed by atoms with Crippen molar-refractivity contribution >= 4 is 46.4 Å². The van der Waals surface area contributed by atoms with Crippen molar-refractivity contribution in [3.8, 4) is 0 Å². The van der Waals surface area contributed by atoms with Crippen molar-refractivity contribution < 1.29 is 9.59 Å². The Kier molecular flexibility index (Phi) is 4.55. The number of amides is 2. The summed E-state index contributed by atoms with van der Waals surface area (Å²) in [5, 5.41) is 6.38. The molecule has 0 saturated heterocycles. The maximum Gasteiger partial charge on any atom is 0.255 e. The van der Waals surface area contributed by atoms with Crippen LogP contribution in [-0.4, -0.2) is 11.8 Å². The third kappa shape index (κ3) is 4.03. The van der Waals surface area contributed by atoms with Gasteiger partial charge in [-0.05, 0) is 55.3 Å². The first kappa shape index (κ1) is 15.8. The Morgan fingerprint density at radius 2 is 1.52 bits per heavy atom. The summed E-state index contributed by atoms with van der Waals surface area (Å²) in [6.07, 6.45) is 1.91. The Morgan fingerprint density at radius 1 is 0.870 bits per heavy atom. The van der Waals surface area contributed by atoms with Crippen LogP contribution >= 0.6 is 23.2 Å². The monoisotopic (exact) mass is 348 g/mol. The van der Waals surface area contributed by atoms with Crippen LogP contribution in [0.25, 0.3) is 0 Å². The first-order chi connectivity index (χ1) is 11.0. The van der Waals surface area contributed by atoms with Gasteiger partial charge in [0.25, 0.3) is 5.91 Å². The number of rotatable bonds is 4. The number of hydrogen-bond donors (Lipinski definition) is 2. The predicted octanol–water partition coefficient (Wildman–Crippen LogP) is 4.59. The summed E-state index contributed by atoms with van der Waals surface area (Å²) in [5.41, 5.74) is 1.74. The molecular formula is C17H14Cl2N2O2. The van der Waals surface area contributed by atoms with Crippen molar-refractivity contribution in [3.63, 3.8) is 0 Å². The van der Waals surface area contributed by atoms with Gasteiger partial charge in [0, 0.05) is 22.9 Å². The quantitative estimate of drug-likeness (QED) is 0.848. The van der Waals surface area contributed by atoms with E-state index in [0.29, 0.717) is 27.0 Å². The molecule has 3 rings (SSSR count). The zero-order valence-electron chi connectivity index (χ0n) is 12.1. The number of halogens is 2. The average Bonchev–Trinajstić information content (AvgIpc) is 3.36. The molecule has 0 heterocycles. The lowest BCUT2D eigenvalue weighted by Gasteiger charge is -2.08. The average molecular weight is 349 g/mol. The van der Waals surface area contributed by atoms with Crippen molar-refractivity contribution in [2.24, 2.45) is 5.92 Å². The van der Waals surface area contributed by atoms with Gasteiger partial charge in [0.15, 0.2) is 0 Å². The van der Waals surface area contributed by atoms with Gasteiger partial charge in [0.1, 0.15) is 0 Å². The van der Waals surface area contributed by atoms with Gasteiger partial charge < -0.3 is 10.6 Å². The van der Waals surface area contributed by atoms with Crippen LogP contribution in [0.3, 0.4) is 0 Å². The number of anilines is 2. The molecular weight excluding hydrogens is 335 g/mol. The Labute approximate surface area is 143 Å². The van der Waals surface area contributed by atoms with Gasteiger partial charge >= 0.3 is 0 Å². The van der Waals surface area contributed by atoms with E-state index in [1.807, 2.05) is 0 Å². The summed E-state index contributed by atoms with van der Waals surface area (Å²) in [7, 11) is 0. The molecule has 0 atom stereocenters. The Balaban J connectivity index is 1.64. The van der Waals surface area contributed by atoms with Crippen LogP contribution in [-0.2, 0) is 4.79 Å². The van der Waals surface area contributed by atoms with Crippen LogP contribution in [0.5, 0.6) is 0 Å². The summed E-state index contributed by atoms with van der Waals surface area (Å²) >= 11 is 11.8. The molecule has 1 fully saturated rings. The van der Waals surface area contributed by atoms with Crippen LogP contribution in [0.1, 0.15) is 23.2 Å². The van der Waals surface area contributed by atoms with Crippen LogP contribution in [0.4, 0.5) is 11.4 Å². The molecule has 0 spiro atoms. The molecule has 0 unspecified atom stereocenters.